The third-order valence-electron chi connectivity index (χ3n) is 5.92. The van der Waals surface area contributed by atoms with Crippen LogP contribution in [-0.2, 0) is 9.53 Å². The molecule has 0 bridgehead atoms. The summed E-state index contributed by atoms with van der Waals surface area (Å²) < 4.78 is 7.03. The number of anilines is 1. The Hall–Kier alpha value is -1.46. The second kappa shape index (κ2) is 8.27. The number of aromatic nitrogens is 1. The highest BCUT2D eigenvalue weighted by Crippen LogP contribution is 2.36. The van der Waals surface area contributed by atoms with E-state index >= 15 is 0 Å². The van der Waals surface area contributed by atoms with Crippen molar-refractivity contribution < 1.29 is 9.53 Å². The van der Waals surface area contributed by atoms with Gasteiger partial charge in [-0.3, -0.25) is 9.69 Å². The lowest BCUT2D eigenvalue weighted by Gasteiger charge is -2.29. The topological polar surface area (TPSA) is 42.4 Å². The van der Waals surface area contributed by atoms with Gasteiger partial charge in [0.15, 0.2) is 5.13 Å². The van der Waals surface area contributed by atoms with Crippen molar-refractivity contribution in [2.75, 3.05) is 18.1 Å². The molecule has 1 aromatic heterocycles. The summed E-state index contributed by atoms with van der Waals surface area (Å²) in [5.74, 6) is 0.830. The van der Waals surface area contributed by atoms with Gasteiger partial charge in [0.2, 0.25) is 5.91 Å². The Kier molecular flexibility index (Phi) is 5.79. The summed E-state index contributed by atoms with van der Waals surface area (Å²) in [6.45, 7) is 5.86. The minimum absolute atomic E-state index is 0.147. The predicted octanol–water partition coefficient (Wildman–Crippen LogP) is 5.51. The summed E-state index contributed by atoms with van der Waals surface area (Å²) in [5.41, 5.74) is 2.32. The normalized spacial score (nSPS) is 21.2. The van der Waals surface area contributed by atoms with Crippen molar-refractivity contribution in [3.8, 4) is 0 Å². The summed E-state index contributed by atoms with van der Waals surface area (Å²) in [5, 5.41) is 0.851. The predicted molar refractivity (Wildman–Crippen MR) is 112 cm³/mol. The molecule has 2 fully saturated rings. The average molecular weight is 387 g/mol. The fraction of sp³-hybridized carbons (Fsp3) is 0.636. The largest absolute Gasteiger partial charge is 0.376 e. The highest BCUT2D eigenvalue weighted by Gasteiger charge is 2.31. The van der Waals surface area contributed by atoms with Gasteiger partial charge in [-0.1, -0.05) is 56.6 Å². The number of amides is 1. The van der Waals surface area contributed by atoms with Crippen LogP contribution in [0.5, 0.6) is 0 Å². The number of hydrogen-bond acceptors (Lipinski definition) is 4. The number of thiazole rings is 1. The first-order valence-corrected chi connectivity index (χ1v) is 11.3. The Bertz CT molecular complexity index is 789. The Morgan fingerprint density at radius 2 is 2.04 bits per heavy atom. The van der Waals surface area contributed by atoms with Gasteiger partial charge in [-0.25, -0.2) is 4.98 Å². The molecule has 1 aliphatic heterocycles. The molecule has 1 unspecified atom stereocenters. The smallest absolute Gasteiger partial charge is 0.231 e. The van der Waals surface area contributed by atoms with Gasteiger partial charge in [0.05, 0.1) is 22.9 Å². The first-order valence-electron chi connectivity index (χ1n) is 10.5. The van der Waals surface area contributed by atoms with E-state index in [9.17, 15) is 4.79 Å². The van der Waals surface area contributed by atoms with Crippen molar-refractivity contribution in [3.63, 3.8) is 0 Å². The lowest BCUT2D eigenvalue weighted by molar-refractivity contribution is -0.123. The zero-order valence-electron chi connectivity index (χ0n) is 16.4. The molecule has 2 aliphatic rings. The molecule has 4 rings (SSSR count). The fourth-order valence-corrected chi connectivity index (χ4v) is 5.38. The first kappa shape index (κ1) is 18.9. The highest BCUT2D eigenvalue weighted by molar-refractivity contribution is 7.22. The summed E-state index contributed by atoms with van der Waals surface area (Å²) in [7, 11) is 0. The van der Waals surface area contributed by atoms with Gasteiger partial charge in [-0.15, -0.1) is 0 Å². The van der Waals surface area contributed by atoms with Gasteiger partial charge in [-0.05, 0) is 43.2 Å². The molecular formula is C22H30N2O2S. The van der Waals surface area contributed by atoms with Crippen LogP contribution in [0, 0.1) is 5.92 Å². The summed E-state index contributed by atoms with van der Waals surface area (Å²) in [6.07, 6.45) is 7.90. The van der Waals surface area contributed by atoms with E-state index in [1.165, 1.54) is 29.5 Å². The molecule has 1 aromatic carbocycles. The van der Waals surface area contributed by atoms with Crippen LogP contribution in [0.2, 0.25) is 0 Å². The molecule has 1 saturated heterocycles. The van der Waals surface area contributed by atoms with Gasteiger partial charge < -0.3 is 4.74 Å². The van der Waals surface area contributed by atoms with Crippen LogP contribution in [0.1, 0.15) is 70.3 Å². The second-order valence-electron chi connectivity index (χ2n) is 8.26. The number of para-hydroxylation sites is 1. The molecule has 0 spiro atoms. The van der Waals surface area contributed by atoms with Crippen LogP contribution in [-0.4, -0.2) is 30.1 Å². The minimum atomic E-state index is 0.147. The molecule has 1 saturated carbocycles. The summed E-state index contributed by atoms with van der Waals surface area (Å²) in [6, 6.07) is 6.38. The van der Waals surface area contributed by atoms with Crippen molar-refractivity contribution >= 4 is 32.6 Å². The molecular weight excluding hydrogens is 356 g/mol. The maximum Gasteiger partial charge on any atom is 0.231 e. The molecule has 1 atom stereocenters. The number of nitrogens with zero attached hydrogens (tertiary/aromatic N) is 2. The number of rotatable bonds is 5. The zero-order chi connectivity index (χ0) is 18.8. The minimum Gasteiger partial charge on any atom is -0.376 e. The molecule has 1 aliphatic carbocycles. The first-order chi connectivity index (χ1) is 13.1. The maximum absolute atomic E-state index is 13.4. The van der Waals surface area contributed by atoms with E-state index in [0.29, 0.717) is 12.5 Å². The standard InChI is InChI=1S/C22H30N2O2S/c1-15(2)18-11-6-12-19-20(18)23-22(27-19)24(14-17-10-7-13-26-17)21(25)16-8-4-3-5-9-16/h6,11-12,15-17H,3-5,7-10,13-14H2,1-2H3. The van der Waals surface area contributed by atoms with Crippen LogP contribution in [0.4, 0.5) is 5.13 Å². The van der Waals surface area contributed by atoms with Crippen LogP contribution in [0.3, 0.4) is 0 Å². The monoisotopic (exact) mass is 386 g/mol. The molecule has 0 N–H and O–H groups in total. The molecule has 4 nitrogen and oxygen atoms in total. The Morgan fingerprint density at radius 1 is 1.22 bits per heavy atom. The van der Waals surface area contributed by atoms with Gasteiger partial charge in [0, 0.05) is 12.5 Å². The van der Waals surface area contributed by atoms with Crippen molar-refractivity contribution in [2.24, 2.45) is 5.92 Å². The third kappa shape index (κ3) is 4.04. The Labute approximate surface area is 165 Å². The lowest BCUT2D eigenvalue weighted by Crippen LogP contribution is -2.41. The Morgan fingerprint density at radius 3 is 2.74 bits per heavy atom. The average Bonchev–Trinajstić information content (AvgIpc) is 3.35. The Balaban J connectivity index is 1.67. The van der Waals surface area contributed by atoms with E-state index in [4.69, 9.17) is 9.72 Å². The lowest BCUT2D eigenvalue weighted by atomic mass is 9.88. The third-order valence-corrected chi connectivity index (χ3v) is 6.97. The van der Waals surface area contributed by atoms with Gasteiger partial charge in [0.25, 0.3) is 0 Å². The van der Waals surface area contributed by atoms with Crippen molar-refractivity contribution in [1.82, 2.24) is 4.98 Å². The molecule has 2 heterocycles. The van der Waals surface area contributed by atoms with Crippen LogP contribution >= 0.6 is 11.3 Å². The van der Waals surface area contributed by atoms with E-state index in [1.54, 1.807) is 11.3 Å². The van der Waals surface area contributed by atoms with Crippen molar-refractivity contribution in [1.29, 1.82) is 0 Å². The quantitative estimate of drug-likeness (QED) is 0.680. The zero-order valence-corrected chi connectivity index (χ0v) is 17.3. The fourth-order valence-electron chi connectivity index (χ4n) is 4.36. The maximum atomic E-state index is 13.4. The molecule has 27 heavy (non-hydrogen) atoms. The van der Waals surface area contributed by atoms with E-state index in [-0.39, 0.29) is 17.9 Å². The van der Waals surface area contributed by atoms with Gasteiger partial charge in [-0.2, -0.15) is 0 Å². The molecule has 2 aromatic rings. The number of hydrogen-bond donors (Lipinski definition) is 0. The SMILES string of the molecule is CC(C)c1cccc2sc(N(CC3CCCO3)C(=O)C3CCCCC3)nc12. The van der Waals surface area contributed by atoms with Gasteiger partial charge in [0.1, 0.15) is 0 Å². The number of fused-ring (bicyclic) bond motifs is 1. The van der Waals surface area contributed by atoms with Crippen molar-refractivity contribution in [2.45, 2.75) is 70.8 Å². The molecule has 0 radical (unpaired) electrons. The number of carbonyl (C=O) groups excluding carboxylic acids is 1. The molecule has 146 valence electrons. The molecule has 1 amide bonds. The van der Waals surface area contributed by atoms with Crippen molar-refractivity contribution in [3.05, 3.63) is 23.8 Å². The van der Waals surface area contributed by atoms with E-state index in [0.717, 1.165) is 42.9 Å². The van der Waals surface area contributed by atoms with E-state index < -0.39 is 0 Å². The van der Waals surface area contributed by atoms with Crippen LogP contribution in [0.25, 0.3) is 10.2 Å². The van der Waals surface area contributed by atoms with Crippen LogP contribution in [0.15, 0.2) is 18.2 Å². The summed E-state index contributed by atoms with van der Waals surface area (Å²) >= 11 is 1.65. The highest BCUT2D eigenvalue weighted by atomic mass is 32.1. The summed E-state index contributed by atoms with van der Waals surface area (Å²) in [4.78, 5) is 20.3. The van der Waals surface area contributed by atoms with Gasteiger partial charge >= 0.3 is 0 Å². The molecule has 5 heteroatoms. The number of benzene rings is 1. The number of ether oxygens (including phenoxy) is 1. The number of carbonyl (C=O) groups is 1. The second-order valence-corrected chi connectivity index (χ2v) is 9.27. The van der Waals surface area contributed by atoms with Crippen LogP contribution < -0.4 is 4.90 Å². The van der Waals surface area contributed by atoms with E-state index in [1.807, 2.05) is 4.90 Å². The van der Waals surface area contributed by atoms with E-state index in [2.05, 4.69) is 32.0 Å².